The second kappa shape index (κ2) is 4.43. The summed E-state index contributed by atoms with van der Waals surface area (Å²) < 4.78 is 0. The number of hydrogen-bond donors (Lipinski definition) is 0. The molecule has 0 aliphatic heterocycles. The molecule has 0 aliphatic rings. The molecule has 3 heterocycles. The van der Waals surface area contributed by atoms with Crippen molar-refractivity contribution >= 4 is 11.3 Å². The highest BCUT2D eigenvalue weighted by atomic mass is 32.1. The molecule has 4 heteroatoms. The molecule has 17 heavy (non-hydrogen) atoms. The second-order valence-electron chi connectivity index (χ2n) is 3.54. The van der Waals surface area contributed by atoms with Gasteiger partial charge in [0.1, 0.15) is 0 Å². The van der Waals surface area contributed by atoms with Crippen LogP contribution in [0.1, 0.15) is 0 Å². The monoisotopic (exact) mass is 239 g/mol. The van der Waals surface area contributed by atoms with Crippen LogP contribution in [0.5, 0.6) is 0 Å². The molecule has 0 saturated carbocycles. The highest BCUT2D eigenvalue weighted by Gasteiger charge is 2.02. The second-order valence-corrected chi connectivity index (χ2v) is 4.43. The Kier molecular flexibility index (Phi) is 2.63. The lowest BCUT2D eigenvalue weighted by molar-refractivity contribution is 1.30. The maximum atomic E-state index is 4.44. The lowest BCUT2D eigenvalue weighted by Gasteiger charge is -2.01. The number of hydrogen-bond acceptors (Lipinski definition) is 4. The van der Waals surface area contributed by atoms with Gasteiger partial charge in [-0.05, 0) is 12.1 Å². The fourth-order valence-electron chi connectivity index (χ4n) is 1.59. The number of thiazole rings is 1. The smallest absolute Gasteiger partial charge is 0.0818 e. The van der Waals surface area contributed by atoms with Crippen molar-refractivity contribution in [3.8, 4) is 21.7 Å². The van der Waals surface area contributed by atoms with Crippen molar-refractivity contribution in [2.24, 2.45) is 0 Å². The van der Waals surface area contributed by atoms with Gasteiger partial charge in [-0.15, -0.1) is 11.3 Å². The van der Waals surface area contributed by atoms with Crippen molar-refractivity contribution in [2.75, 3.05) is 0 Å². The maximum Gasteiger partial charge on any atom is 0.0818 e. The summed E-state index contributed by atoms with van der Waals surface area (Å²) in [5, 5.41) is 0. The van der Waals surface area contributed by atoms with Crippen molar-refractivity contribution < 1.29 is 0 Å². The molecule has 3 aromatic rings. The molecule has 0 unspecified atom stereocenters. The Bertz CT molecular complexity index is 588. The van der Waals surface area contributed by atoms with Crippen LogP contribution in [0.4, 0.5) is 0 Å². The van der Waals surface area contributed by atoms with E-state index in [1.165, 1.54) is 0 Å². The minimum atomic E-state index is 0.958. The summed E-state index contributed by atoms with van der Waals surface area (Å²) in [7, 11) is 0. The van der Waals surface area contributed by atoms with E-state index in [0.717, 1.165) is 21.7 Å². The van der Waals surface area contributed by atoms with Crippen LogP contribution in [-0.2, 0) is 0 Å². The molecule has 3 nitrogen and oxygen atoms in total. The average molecular weight is 239 g/mol. The number of pyridine rings is 2. The topological polar surface area (TPSA) is 38.7 Å². The van der Waals surface area contributed by atoms with Crippen molar-refractivity contribution in [3.63, 3.8) is 0 Å². The van der Waals surface area contributed by atoms with Gasteiger partial charge in [0.15, 0.2) is 0 Å². The van der Waals surface area contributed by atoms with Crippen LogP contribution in [0.15, 0.2) is 54.6 Å². The Morgan fingerprint density at radius 2 is 1.82 bits per heavy atom. The Labute approximate surface area is 103 Å². The van der Waals surface area contributed by atoms with Crippen LogP contribution in [0.2, 0.25) is 0 Å². The minimum absolute atomic E-state index is 0.958. The summed E-state index contributed by atoms with van der Waals surface area (Å²) in [6.07, 6.45) is 7.30. The van der Waals surface area contributed by atoms with Gasteiger partial charge in [-0.2, -0.15) is 0 Å². The first-order valence-corrected chi connectivity index (χ1v) is 6.07. The third kappa shape index (κ3) is 2.07. The number of rotatable bonds is 2. The quantitative estimate of drug-likeness (QED) is 0.689. The van der Waals surface area contributed by atoms with Crippen molar-refractivity contribution in [1.29, 1.82) is 0 Å². The molecule has 0 amide bonds. The van der Waals surface area contributed by atoms with Gasteiger partial charge in [0.05, 0.1) is 16.1 Å². The van der Waals surface area contributed by atoms with Gasteiger partial charge in [-0.1, -0.05) is 12.1 Å². The van der Waals surface area contributed by atoms with Gasteiger partial charge in [0.2, 0.25) is 0 Å². The predicted octanol–water partition coefficient (Wildman–Crippen LogP) is 3.27. The van der Waals surface area contributed by atoms with Gasteiger partial charge >= 0.3 is 0 Å². The summed E-state index contributed by atoms with van der Waals surface area (Å²) in [5.41, 5.74) is 4.92. The van der Waals surface area contributed by atoms with Gasteiger partial charge in [0, 0.05) is 35.9 Å². The first-order chi connectivity index (χ1) is 8.43. The molecule has 0 atom stereocenters. The summed E-state index contributed by atoms with van der Waals surface area (Å²) >= 11 is 1.59. The van der Waals surface area contributed by atoms with E-state index in [9.17, 15) is 0 Å². The van der Waals surface area contributed by atoms with E-state index < -0.39 is 0 Å². The fraction of sp³-hybridized carbons (Fsp3) is 0. The van der Waals surface area contributed by atoms with Crippen LogP contribution in [0, 0.1) is 0 Å². The zero-order valence-electron chi connectivity index (χ0n) is 8.95. The van der Waals surface area contributed by atoms with Gasteiger partial charge in [-0.25, -0.2) is 0 Å². The molecule has 0 aromatic carbocycles. The standard InChI is InChI=1S/C13H9N3S/c1-2-10(6-14-5-1)11-3-4-12(16-7-11)13-8-15-9-17-13/h1-9H. The Morgan fingerprint density at radius 3 is 2.47 bits per heavy atom. The largest absolute Gasteiger partial charge is 0.264 e. The van der Waals surface area contributed by atoms with Crippen molar-refractivity contribution in [2.45, 2.75) is 0 Å². The van der Waals surface area contributed by atoms with E-state index in [1.807, 2.05) is 42.3 Å². The third-order valence-corrected chi connectivity index (χ3v) is 3.24. The molecule has 0 fully saturated rings. The van der Waals surface area contributed by atoms with Crippen molar-refractivity contribution in [3.05, 3.63) is 54.6 Å². The fourth-order valence-corrected chi connectivity index (χ4v) is 2.18. The molecular weight excluding hydrogens is 230 g/mol. The minimum Gasteiger partial charge on any atom is -0.264 e. The molecule has 0 aliphatic carbocycles. The molecule has 0 saturated heterocycles. The van der Waals surface area contributed by atoms with E-state index in [2.05, 4.69) is 21.0 Å². The zero-order chi connectivity index (χ0) is 11.5. The molecule has 0 radical (unpaired) electrons. The summed E-state index contributed by atoms with van der Waals surface area (Å²) in [6, 6.07) is 8.01. The maximum absolute atomic E-state index is 4.44. The molecule has 0 N–H and O–H groups in total. The summed E-state index contributed by atoms with van der Waals surface area (Å²) in [4.78, 5) is 13.7. The lowest BCUT2D eigenvalue weighted by Crippen LogP contribution is -1.83. The normalized spacial score (nSPS) is 10.4. The van der Waals surface area contributed by atoms with Gasteiger partial charge in [-0.3, -0.25) is 15.0 Å². The first-order valence-electron chi connectivity index (χ1n) is 5.19. The molecule has 0 spiro atoms. The van der Waals surface area contributed by atoms with Crippen LogP contribution in [-0.4, -0.2) is 15.0 Å². The average Bonchev–Trinajstić information content (AvgIpc) is 2.94. The van der Waals surface area contributed by atoms with Crippen LogP contribution < -0.4 is 0 Å². The predicted molar refractivity (Wildman–Crippen MR) is 68.6 cm³/mol. The SMILES string of the molecule is c1cncc(-c2ccc(-c3cncs3)nc2)c1. The van der Waals surface area contributed by atoms with Crippen LogP contribution >= 0.6 is 11.3 Å². The Hall–Kier alpha value is -2.07. The molecule has 0 bridgehead atoms. The third-order valence-electron chi connectivity index (χ3n) is 2.44. The molecule has 3 rings (SSSR count). The lowest BCUT2D eigenvalue weighted by atomic mass is 10.1. The highest BCUT2D eigenvalue weighted by Crippen LogP contribution is 2.23. The first kappa shape index (κ1) is 10.1. The highest BCUT2D eigenvalue weighted by molar-refractivity contribution is 7.13. The summed E-state index contributed by atoms with van der Waals surface area (Å²) in [6.45, 7) is 0. The Balaban J connectivity index is 1.96. The van der Waals surface area contributed by atoms with Crippen LogP contribution in [0.25, 0.3) is 21.7 Å². The molecule has 3 aromatic heterocycles. The van der Waals surface area contributed by atoms with E-state index in [0.29, 0.717) is 0 Å². The van der Waals surface area contributed by atoms with E-state index in [4.69, 9.17) is 0 Å². The van der Waals surface area contributed by atoms with Crippen molar-refractivity contribution in [1.82, 2.24) is 15.0 Å². The zero-order valence-corrected chi connectivity index (χ0v) is 9.76. The van der Waals surface area contributed by atoms with Crippen LogP contribution in [0.3, 0.4) is 0 Å². The van der Waals surface area contributed by atoms with E-state index in [1.54, 1.807) is 17.5 Å². The Morgan fingerprint density at radius 1 is 0.882 bits per heavy atom. The number of nitrogens with zero attached hydrogens (tertiary/aromatic N) is 3. The van der Waals surface area contributed by atoms with E-state index in [-0.39, 0.29) is 0 Å². The van der Waals surface area contributed by atoms with Gasteiger partial charge < -0.3 is 0 Å². The van der Waals surface area contributed by atoms with Gasteiger partial charge in [0.25, 0.3) is 0 Å². The molecular formula is C13H9N3S. The van der Waals surface area contributed by atoms with E-state index >= 15 is 0 Å². The number of aromatic nitrogens is 3. The molecule has 82 valence electrons. The summed E-state index contributed by atoms with van der Waals surface area (Å²) in [5.74, 6) is 0.